The van der Waals surface area contributed by atoms with Crippen LogP contribution in [0.1, 0.15) is 32.4 Å². The van der Waals surface area contributed by atoms with Crippen LogP contribution in [0.15, 0.2) is 138 Å². The van der Waals surface area contributed by atoms with Crippen LogP contribution in [0.3, 0.4) is 0 Å². The van der Waals surface area contributed by atoms with Crippen LogP contribution in [0.2, 0.25) is 0 Å². The highest BCUT2D eigenvalue weighted by Gasteiger charge is 2.62. The zero-order valence-corrected chi connectivity index (χ0v) is 30.7. The van der Waals surface area contributed by atoms with E-state index in [1.807, 2.05) is 106 Å². The SMILES string of the molecule is CC(COc1ccc(Oc2ccccc2)cc1)Oc1ccccn1.CC1(C)C(C=C(Cl)Cl)C1C(=O)OC(C#N)c1ccc(F)c(Oc2ccccc2)c1. The van der Waals surface area contributed by atoms with Gasteiger partial charge in [0.15, 0.2) is 11.6 Å². The topological polar surface area (TPSA) is 99.9 Å². The van der Waals surface area contributed by atoms with Crippen molar-refractivity contribution in [3.63, 3.8) is 0 Å². The van der Waals surface area contributed by atoms with Crippen LogP contribution in [-0.4, -0.2) is 23.7 Å². The number of rotatable bonds is 13. The number of para-hydroxylation sites is 2. The first kappa shape index (κ1) is 38.7. The van der Waals surface area contributed by atoms with Crippen molar-refractivity contribution in [2.24, 2.45) is 17.3 Å². The number of nitriles is 1. The number of benzene rings is 4. The highest BCUT2D eigenvalue weighted by atomic mass is 35.5. The zero-order valence-electron chi connectivity index (χ0n) is 29.2. The molecule has 6 rings (SSSR count). The van der Waals surface area contributed by atoms with Gasteiger partial charge in [-0.15, -0.1) is 0 Å². The lowest BCUT2D eigenvalue weighted by atomic mass is 10.1. The summed E-state index contributed by atoms with van der Waals surface area (Å²) in [5.41, 5.74) is -0.0645. The molecule has 1 heterocycles. The quantitative estimate of drug-likeness (QED) is 0.110. The van der Waals surface area contributed by atoms with Crippen molar-refractivity contribution in [1.82, 2.24) is 4.98 Å². The number of pyridine rings is 1. The van der Waals surface area contributed by atoms with Gasteiger partial charge >= 0.3 is 5.97 Å². The average molecular weight is 756 g/mol. The van der Waals surface area contributed by atoms with Crippen LogP contribution in [0.5, 0.6) is 34.6 Å². The Bertz CT molecular complexity index is 2010. The molecule has 5 aromatic rings. The molecular formula is C42H37Cl2FN2O6. The minimum Gasteiger partial charge on any atom is -0.490 e. The molecule has 8 nitrogen and oxygen atoms in total. The predicted octanol–water partition coefficient (Wildman–Crippen LogP) is 11.0. The van der Waals surface area contributed by atoms with Crippen molar-refractivity contribution in [2.75, 3.05) is 6.61 Å². The monoisotopic (exact) mass is 754 g/mol. The van der Waals surface area contributed by atoms with Gasteiger partial charge in [0.25, 0.3) is 0 Å². The third kappa shape index (κ3) is 11.2. The first-order valence-corrected chi connectivity index (χ1v) is 17.5. The first-order valence-electron chi connectivity index (χ1n) is 16.7. The second kappa shape index (κ2) is 18.3. The molecule has 0 amide bonds. The molecule has 4 atom stereocenters. The summed E-state index contributed by atoms with van der Waals surface area (Å²) in [7, 11) is 0. The van der Waals surface area contributed by atoms with Gasteiger partial charge in [-0.05, 0) is 91.1 Å². The summed E-state index contributed by atoms with van der Waals surface area (Å²) >= 11 is 11.4. The summed E-state index contributed by atoms with van der Waals surface area (Å²) in [6.45, 7) is 6.17. The Morgan fingerprint density at radius 3 is 2.08 bits per heavy atom. The van der Waals surface area contributed by atoms with Gasteiger partial charge in [-0.1, -0.05) is 85.6 Å². The molecule has 11 heteroatoms. The van der Waals surface area contributed by atoms with Crippen molar-refractivity contribution in [3.05, 3.63) is 149 Å². The number of carbonyl (C=O) groups excluding carboxylic acids is 1. The molecule has 0 spiro atoms. The Morgan fingerprint density at radius 1 is 0.868 bits per heavy atom. The van der Waals surface area contributed by atoms with Gasteiger partial charge in [0.2, 0.25) is 12.0 Å². The number of nitrogens with zero attached hydrogens (tertiary/aromatic N) is 2. The van der Waals surface area contributed by atoms with Crippen LogP contribution >= 0.6 is 23.2 Å². The van der Waals surface area contributed by atoms with E-state index in [2.05, 4.69) is 4.98 Å². The number of esters is 1. The summed E-state index contributed by atoms with van der Waals surface area (Å²) in [4.78, 5) is 16.7. The van der Waals surface area contributed by atoms with Crippen molar-refractivity contribution in [1.29, 1.82) is 5.26 Å². The molecule has 1 aliphatic rings. The molecule has 0 saturated heterocycles. The van der Waals surface area contributed by atoms with Crippen molar-refractivity contribution < 1.29 is 32.9 Å². The lowest BCUT2D eigenvalue weighted by Gasteiger charge is -2.15. The summed E-state index contributed by atoms with van der Waals surface area (Å²) in [6, 6.07) is 37.3. The lowest BCUT2D eigenvalue weighted by Crippen LogP contribution is -2.21. The van der Waals surface area contributed by atoms with Crippen LogP contribution in [0, 0.1) is 34.4 Å². The van der Waals surface area contributed by atoms with E-state index in [9.17, 15) is 14.4 Å². The number of hydrogen-bond donors (Lipinski definition) is 0. The van der Waals surface area contributed by atoms with Gasteiger partial charge in [-0.3, -0.25) is 4.79 Å². The van der Waals surface area contributed by atoms with E-state index in [-0.39, 0.29) is 27.7 Å². The molecular weight excluding hydrogens is 718 g/mol. The van der Waals surface area contributed by atoms with Gasteiger partial charge in [0.1, 0.15) is 46.3 Å². The van der Waals surface area contributed by atoms with Crippen molar-refractivity contribution in [2.45, 2.75) is 33.0 Å². The van der Waals surface area contributed by atoms with Gasteiger partial charge in [0.05, 0.1) is 5.92 Å². The third-order valence-electron chi connectivity index (χ3n) is 8.30. The molecule has 1 aromatic heterocycles. The first-order chi connectivity index (χ1) is 25.5. The Kier molecular flexibility index (Phi) is 13.3. The number of ether oxygens (including phenoxy) is 5. The van der Waals surface area contributed by atoms with Crippen LogP contribution < -0.4 is 18.9 Å². The number of hydrogen-bond acceptors (Lipinski definition) is 8. The van der Waals surface area contributed by atoms with Crippen LogP contribution in [0.25, 0.3) is 0 Å². The molecule has 0 aliphatic heterocycles. The number of carbonyl (C=O) groups is 1. The van der Waals surface area contributed by atoms with E-state index in [0.717, 1.165) is 17.2 Å². The number of aromatic nitrogens is 1. The summed E-state index contributed by atoms with van der Waals surface area (Å²) < 4.78 is 42.3. The lowest BCUT2D eigenvalue weighted by molar-refractivity contribution is -0.149. The molecule has 4 unspecified atom stereocenters. The predicted molar refractivity (Wildman–Crippen MR) is 201 cm³/mol. The van der Waals surface area contributed by atoms with Gasteiger partial charge in [-0.2, -0.15) is 5.26 Å². The molecule has 1 fully saturated rings. The molecule has 1 saturated carbocycles. The van der Waals surface area contributed by atoms with Crippen molar-refractivity contribution >= 4 is 29.2 Å². The average Bonchev–Trinajstić information content (AvgIpc) is 3.70. The van der Waals surface area contributed by atoms with Crippen LogP contribution in [0.4, 0.5) is 4.39 Å². The minimum atomic E-state index is -1.20. The summed E-state index contributed by atoms with van der Waals surface area (Å²) in [6.07, 6.45) is 2.00. The second-order valence-corrected chi connectivity index (χ2v) is 13.6. The van der Waals surface area contributed by atoms with Gasteiger partial charge in [-0.25, -0.2) is 9.37 Å². The van der Waals surface area contributed by atoms with Gasteiger partial charge < -0.3 is 23.7 Å². The fourth-order valence-electron chi connectivity index (χ4n) is 5.41. The van der Waals surface area contributed by atoms with E-state index < -0.39 is 23.8 Å². The van der Waals surface area contributed by atoms with Gasteiger partial charge in [0, 0.05) is 17.8 Å². The summed E-state index contributed by atoms with van der Waals surface area (Å²) in [5, 5.41) is 9.51. The van der Waals surface area contributed by atoms with E-state index in [0.29, 0.717) is 23.8 Å². The van der Waals surface area contributed by atoms with Crippen molar-refractivity contribution in [3.8, 4) is 40.7 Å². The van der Waals surface area contributed by atoms with E-state index in [1.54, 1.807) is 36.5 Å². The normalized spacial score (nSPS) is 16.2. The molecule has 1 aliphatic carbocycles. The van der Waals surface area contributed by atoms with E-state index in [4.69, 9.17) is 46.9 Å². The molecule has 53 heavy (non-hydrogen) atoms. The Labute approximate surface area is 318 Å². The molecule has 4 aromatic carbocycles. The molecule has 0 N–H and O–H groups in total. The highest BCUT2D eigenvalue weighted by Crippen LogP contribution is 2.60. The molecule has 0 bridgehead atoms. The third-order valence-corrected chi connectivity index (χ3v) is 8.55. The largest absolute Gasteiger partial charge is 0.490 e. The Hall–Kier alpha value is -5.56. The molecule has 0 radical (unpaired) electrons. The summed E-state index contributed by atoms with van der Waals surface area (Å²) in [5.74, 6) is 1.56. The highest BCUT2D eigenvalue weighted by molar-refractivity contribution is 6.55. The van der Waals surface area contributed by atoms with E-state index in [1.165, 1.54) is 18.2 Å². The Balaban J connectivity index is 0.000000208. The van der Waals surface area contributed by atoms with Crippen LogP contribution in [-0.2, 0) is 9.53 Å². The van der Waals surface area contributed by atoms with E-state index >= 15 is 0 Å². The number of allylic oxidation sites excluding steroid dienone is 1. The maximum absolute atomic E-state index is 14.2. The maximum Gasteiger partial charge on any atom is 0.311 e. The zero-order chi connectivity index (χ0) is 37.8. The number of halogens is 3. The Morgan fingerprint density at radius 2 is 1.47 bits per heavy atom. The fourth-order valence-corrected chi connectivity index (χ4v) is 5.68. The fraction of sp³-hybridized carbons (Fsp3) is 0.214. The standard InChI is InChI=1S/C22H18Cl2FNO3.C20H19NO3/c1-22(2)15(11-19(23)24)20(22)21(27)29-18(12-26)13-8-9-16(25)17(10-13)28-14-6-4-3-5-7-14;1-16(23-20-9-5-6-14-21-20)15-22-17-10-12-19(13-11-17)24-18-7-3-2-4-8-18/h3-11,15,18,20H,1-2H3;2-14,16H,15H2,1H3. The smallest absolute Gasteiger partial charge is 0.311 e. The molecule has 272 valence electrons. The maximum atomic E-state index is 14.2. The second-order valence-electron chi connectivity index (χ2n) is 12.6. The minimum absolute atomic E-state index is 0.0634.